The second-order valence-corrected chi connectivity index (χ2v) is 15.3. The predicted octanol–water partition coefficient (Wildman–Crippen LogP) is -0.706. The Morgan fingerprint density at radius 2 is 0.750 bits per heavy atom. The summed E-state index contributed by atoms with van der Waals surface area (Å²) in [4.78, 5) is 55.9. The molecule has 0 fully saturated rings. The smallest absolute Gasteiger partial charge is 0.396 e. The van der Waals surface area contributed by atoms with Crippen molar-refractivity contribution in [1.29, 1.82) is 0 Å². The number of aliphatic hydroxyl groups excluding tert-OH is 1. The Hall–Kier alpha value is 0.430. The van der Waals surface area contributed by atoms with Crippen molar-refractivity contribution in [2.45, 2.75) is 0 Å². The zero-order valence-corrected chi connectivity index (χ0v) is 28.2. The van der Waals surface area contributed by atoms with Gasteiger partial charge < -0.3 is 45.1 Å². The molecule has 0 heterocycles. The van der Waals surface area contributed by atoms with E-state index in [4.69, 9.17) is 23.9 Å². The maximum atomic E-state index is 11.9. The van der Waals surface area contributed by atoms with Crippen LogP contribution in [0.4, 0.5) is 0 Å². The molecule has 6 atom stereocenters. The van der Waals surface area contributed by atoms with Gasteiger partial charge in [0, 0.05) is 31.5 Å². The third-order valence-electron chi connectivity index (χ3n) is 4.45. The Labute approximate surface area is 253 Å². The highest BCUT2D eigenvalue weighted by molar-refractivity contribution is 7.48. The second kappa shape index (κ2) is 22.1. The minimum Gasteiger partial charge on any atom is -0.396 e. The average molecular weight is 752 g/mol. The molecule has 9 N–H and O–H groups in total. The van der Waals surface area contributed by atoms with Gasteiger partial charge in [0.25, 0.3) is 0 Å². The van der Waals surface area contributed by atoms with E-state index in [2.05, 4.69) is 42.3 Å². The van der Waals surface area contributed by atoms with Crippen molar-refractivity contribution in [2.75, 3.05) is 93.3 Å². The van der Waals surface area contributed by atoms with Crippen LogP contribution < -0.4 is 10.6 Å². The van der Waals surface area contributed by atoms with Crippen LogP contribution >= 0.6 is 39.1 Å². The zero-order chi connectivity index (χ0) is 33.9. The van der Waals surface area contributed by atoms with Crippen molar-refractivity contribution < 1.29 is 98.0 Å². The summed E-state index contributed by atoms with van der Waals surface area (Å²) >= 11 is 0. The number of rotatable bonds is 29. The van der Waals surface area contributed by atoms with E-state index in [0.29, 0.717) is 6.54 Å². The van der Waals surface area contributed by atoms with Crippen LogP contribution in [0.3, 0.4) is 0 Å². The van der Waals surface area contributed by atoms with E-state index in [0.717, 1.165) is 0 Å². The molecule has 0 saturated heterocycles. The third-order valence-corrected chi connectivity index (χ3v) is 8.93. The summed E-state index contributed by atoms with van der Waals surface area (Å²) in [7, 11) is -20.5. The number of phosphoric acid groups is 5. The van der Waals surface area contributed by atoms with Crippen LogP contribution in [0.2, 0.25) is 0 Å². The van der Waals surface area contributed by atoms with Crippen LogP contribution in [-0.2, 0) is 63.5 Å². The SMILES string of the molecule is CNCC(CO)COP(=O)(O)OCCOP(=O)(O)OCCOP(=O)(O)OCCOP(=O)(O)OCC(CNC)COP(=O)(O)O. The highest BCUT2D eigenvalue weighted by Crippen LogP contribution is 2.48. The first-order valence-electron chi connectivity index (χ1n) is 12.3. The van der Waals surface area contributed by atoms with Gasteiger partial charge in [-0.15, -0.1) is 0 Å². The van der Waals surface area contributed by atoms with Gasteiger partial charge in [0.2, 0.25) is 0 Å². The Morgan fingerprint density at radius 3 is 1.05 bits per heavy atom. The van der Waals surface area contributed by atoms with E-state index in [1.54, 1.807) is 7.05 Å². The Kier molecular flexibility index (Phi) is 22.4. The fraction of sp³-hybridized carbons (Fsp3) is 1.00. The standard InChI is InChI=1S/C16H41N2O21P5/c1-17-9-15(11-19)12-38-43(27,28)35-7-5-33-41(23,24)31-3-4-32-42(25,26)34-6-8-36-44(29,30)39-14-16(10-18-2)13-37-40(20,21)22/h15-19H,3-14H2,1-2H3,(H,23,24)(H,25,26)(H,27,28)(H,29,30)(H2,20,21,22). The van der Waals surface area contributed by atoms with E-state index in [1.807, 2.05) is 0 Å². The van der Waals surface area contributed by atoms with Gasteiger partial charge in [0.05, 0.1) is 59.5 Å². The van der Waals surface area contributed by atoms with Crippen molar-refractivity contribution >= 4 is 39.1 Å². The lowest BCUT2D eigenvalue weighted by molar-refractivity contribution is 0.0731. The van der Waals surface area contributed by atoms with Crippen molar-refractivity contribution in [3.8, 4) is 0 Å². The molecule has 0 amide bonds. The molecule has 0 aromatic heterocycles. The lowest BCUT2D eigenvalue weighted by Gasteiger charge is -2.19. The molecular weight excluding hydrogens is 711 g/mol. The first kappa shape index (κ1) is 44.4. The molecule has 23 nitrogen and oxygen atoms in total. The number of hydrogen-bond donors (Lipinski definition) is 9. The van der Waals surface area contributed by atoms with Gasteiger partial charge in [0.1, 0.15) is 0 Å². The normalized spacial score (nSPS) is 19.4. The maximum absolute atomic E-state index is 11.9. The average Bonchev–Trinajstić information content (AvgIpc) is 2.91. The molecule has 266 valence electrons. The fourth-order valence-electron chi connectivity index (χ4n) is 2.59. The number of aliphatic hydroxyl groups is 1. The first-order chi connectivity index (χ1) is 20.3. The maximum Gasteiger partial charge on any atom is 0.472 e. The molecule has 6 unspecified atom stereocenters. The van der Waals surface area contributed by atoms with Crippen LogP contribution in [0.25, 0.3) is 0 Å². The third kappa shape index (κ3) is 25.5. The minimum atomic E-state index is -4.78. The highest BCUT2D eigenvalue weighted by atomic mass is 31.2. The molecule has 0 aliphatic rings. The molecule has 0 bridgehead atoms. The van der Waals surface area contributed by atoms with Crippen LogP contribution in [0.5, 0.6) is 0 Å². The molecule has 28 heteroatoms. The van der Waals surface area contributed by atoms with Gasteiger partial charge in [-0.25, -0.2) is 22.8 Å². The van der Waals surface area contributed by atoms with Crippen LogP contribution in [0, 0.1) is 11.8 Å². The number of phosphoric ester groups is 5. The predicted molar refractivity (Wildman–Crippen MR) is 147 cm³/mol. The summed E-state index contributed by atoms with van der Waals surface area (Å²) in [5.74, 6) is -1.24. The van der Waals surface area contributed by atoms with Gasteiger partial charge in [-0.2, -0.15) is 0 Å². The quantitative estimate of drug-likeness (QED) is 0.0337. The summed E-state index contributed by atoms with van der Waals surface area (Å²) in [5.41, 5.74) is 0. The van der Waals surface area contributed by atoms with E-state index in [-0.39, 0.29) is 19.8 Å². The molecule has 0 aliphatic carbocycles. The second-order valence-electron chi connectivity index (χ2n) is 8.28. The van der Waals surface area contributed by atoms with E-state index >= 15 is 0 Å². The van der Waals surface area contributed by atoms with Crippen molar-refractivity contribution in [3.05, 3.63) is 0 Å². The van der Waals surface area contributed by atoms with Crippen molar-refractivity contribution in [2.24, 2.45) is 11.8 Å². The Balaban J connectivity index is 4.26. The van der Waals surface area contributed by atoms with Crippen molar-refractivity contribution in [1.82, 2.24) is 10.6 Å². The minimum absolute atomic E-state index is 0.0944. The summed E-state index contributed by atoms with van der Waals surface area (Å²) in [6.45, 7) is -5.63. The lowest BCUT2D eigenvalue weighted by atomic mass is 10.2. The summed E-state index contributed by atoms with van der Waals surface area (Å²) in [6.07, 6.45) is 0. The summed E-state index contributed by atoms with van der Waals surface area (Å²) in [6, 6.07) is 0. The molecule has 0 aliphatic heterocycles. The van der Waals surface area contributed by atoms with Crippen molar-refractivity contribution in [3.63, 3.8) is 0 Å². The fourth-order valence-corrected chi connectivity index (χ4v) is 5.92. The summed E-state index contributed by atoms with van der Waals surface area (Å²) in [5, 5.41) is 14.5. The molecule has 44 heavy (non-hydrogen) atoms. The summed E-state index contributed by atoms with van der Waals surface area (Å²) < 4.78 is 99.1. The van der Waals surface area contributed by atoms with Crippen LogP contribution in [-0.4, -0.2) is 128 Å². The van der Waals surface area contributed by atoms with Gasteiger partial charge in [-0.05, 0) is 14.1 Å². The number of hydrogen-bond acceptors (Lipinski definition) is 17. The molecule has 0 aromatic rings. The molecular formula is C16H41N2O21P5. The first-order valence-corrected chi connectivity index (χ1v) is 19.8. The van der Waals surface area contributed by atoms with E-state index in [1.165, 1.54) is 7.05 Å². The molecule has 0 aromatic carbocycles. The molecule has 0 rings (SSSR count). The molecule has 0 spiro atoms. The van der Waals surface area contributed by atoms with Gasteiger partial charge >= 0.3 is 39.1 Å². The van der Waals surface area contributed by atoms with E-state index < -0.39 is 104 Å². The van der Waals surface area contributed by atoms with Gasteiger partial charge in [0.15, 0.2) is 0 Å². The largest absolute Gasteiger partial charge is 0.472 e. The van der Waals surface area contributed by atoms with E-state index in [9.17, 15) is 42.4 Å². The monoisotopic (exact) mass is 752 g/mol. The van der Waals surface area contributed by atoms with Crippen LogP contribution in [0.15, 0.2) is 0 Å². The van der Waals surface area contributed by atoms with Crippen LogP contribution in [0.1, 0.15) is 0 Å². The molecule has 0 radical (unpaired) electrons. The Morgan fingerprint density at radius 1 is 0.477 bits per heavy atom. The Bertz CT molecular complexity index is 1030. The van der Waals surface area contributed by atoms with Gasteiger partial charge in [-0.3, -0.25) is 40.7 Å². The van der Waals surface area contributed by atoms with Gasteiger partial charge in [-0.1, -0.05) is 0 Å². The highest BCUT2D eigenvalue weighted by Gasteiger charge is 2.28. The lowest BCUT2D eigenvalue weighted by Crippen LogP contribution is -2.26. The number of nitrogens with one attached hydrogen (secondary N) is 2. The topological polar surface area (TPSA) is 334 Å². The molecule has 0 saturated carbocycles. The zero-order valence-electron chi connectivity index (χ0n) is 23.7.